The highest BCUT2D eigenvalue weighted by molar-refractivity contribution is 5.68. The number of carbonyl (C=O) groups excluding carboxylic acids is 1. The van der Waals surface area contributed by atoms with Crippen molar-refractivity contribution in [3.8, 4) is 0 Å². The second-order valence-electron chi connectivity index (χ2n) is 7.63. The lowest BCUT2D eigenvalue weighted by Crippen LogP contribution is -2.38. The zero-order valence-corrected chi connectivity index (χ0v) is 14.1. The van der Waals surface area contributed by atoms with Gasteiger partial charge in [-0.25, -0.2) is 4.79 Å². The van der Waals surface area contributed by atoms with Crippen LogP contribution < -0.4 is 0 Å². The van der Waals surface area contributed by atoms with Crippen LogP contribution in [0, 0.1) is 0 Å². The summed E-state index contributed by atoms with van der Waals surface area (Å²) in [7, 11) is 0. The van der Waals surface area contributed by atoms with E-state index in [2.05, 4.69) is 19.1 Å². The largest absolute Gasteiger partial charge is 0.444 e. The van der Waals surface area contributed by atoms with Crippen LogP contribution in [0.15, 0.2) is 12.1 Å². The monoisotopic (exact) mass is 302 g/mol. The predicted octanol–water partition coefficient (Wildman–Crippen LogP) is 3.86. The molecule has 4 heteroatoms. The molecule has 1 aliphatic heterocycles. The van der Waals surface area contributed by atoms with E-state index in [1.54, 1.807) is 0 Å². The van der Waals surface area contributed by atoms with Crippen LogP contribution in [0.3, 0.4) is 0 Å². The summed E-state index contributed by atoms with van der Waals surface area (Å²) in [6, 6.07) is 4.39. The third-order valence-corrected chi connectivity index (χ3v) is 4.29. The van der Waals surface area contributed by atoms with Gasteiger partial charge in [0.05, 0.1) is 0 Å². The number of pyridine rings is 1. The number of nitrogens with zero attached hydrogens (tertiary/aromatic N) is 2. The van der Waals surface area contributed by atoms with Gasteiger partial charge in [0.1, 0.15) is 5.60 Å². The Labute approximate surface area is 132 Å². The number of hydrogen-bond donors (Lipinski definition) is 0. The molecule has 3 rings (SSSR count). The van der Waals surface area contributed by atoms with E-state index >= 15 is 0 Å². The first-order valence-corrected chi connectivity index (χ1v) is 8.31. The van der Waals surface area contributed by atoms with Gasteiger partial charge in [0.15, 0.2) is 0 Å². The molecule has 0 N–H and O–H groups in total. The van der Waals surface area contributed by atoms with Gasteiger partial charge in [-0.1, -0.05) is 13.0 Å². The van der Waals surface area contributed by atoms with E-state index in [9.17, 15) is 4.79 Å². The molecule has 1 atom stereocenters. The zero-order chi connectivity index (χ0) is 15.9. The van der Waals surface area contributed by atoms with Gasteiger partial charge in [-0.05, 0) is 51.7 Å². The molecule has 22 heavy (non-hydrogen) atoms. The Kier molecular flexibility index (Phi) is 3.87. The van der Waals surface area contributed by atoms with Crippen LogP contribution in [0.4, 0.5) is 4.79 Å². The van der Waals surface area contributed by atoms with Crippen LogP contribution >= 0.6 is 0 Å². The number of aromatic nitrogens is 1. The van der Waals surface area contributed by atoms with Gasteiger partial charge in [0.2, 0.25) is 0 Å². The number of fused-ring (bicyclic) bond motifs is 1. The van der Waals surface area contributed by atoms with Crippen molar-refractivity contribution in [2.75, 3.05) is 13.1 Å². The third kappa shape index (κ3) is 3.42. The van der Waals surface area contributed by atoms with Gasteiger partial charge in [-0.15, -0.1) is 0 Å². The molecule has 1 unspecified atom stereocenters. The fourth-order valence-electron chi connectivity index (χ4n) is 3.02. The fraction of sp³-hybridized carbons (Fsp3) is 0.667. The van der Waals surface area contributed by atoms with Gasteiger partial charge in [-0.3, -0.25) is 4.98 Å². The molecule has 1 aliphatic carbocycles. The minimum Gasteiger partial charge on any atom is -0.444 e. The molecule has 4 nitrogen and oxygen atoms in total. The smallest absolute Gasteiger partial charge is 0.410 e. The second kappa shape index (κ2) is 5.56. The molecule has 1 amide bonds. The Bertz CT molecular complexity index is 573. The number of hydrogen-bond acceptors (Lipinski definition) is 3. The Morgan fingerprint density at radius 1 is 1.32 bits per heavy atom. The topological polar surface area (TPSA) is 42.4 Å². The lowest BCUT2D eigenvalue weighted by atomic mass is 10.0. The quantitative estimate of drug-likeness (QED) is 0.791. The lowest BCUT2D eigenvalue weighted by Gasteiger charge is -2.27. The number of ether oxygens (including phenoxy) is 1. The molecular weight excluding hydrogens is 276 g/mol. The summed E-state index contributed by atoms with van der Waals surface area (Å²) >= 11 is 0. The van der Waals surface area contributed by atoms with Crippen LogP contribution in [0.25, 0.3) is 0 Å². The summed E-state index contributed by atoms with van der Waals surface area (Å²) in [5, 5.41) is 0. The van der Waals surface area contributed by atoms with Crippen molar-refractivity contribution in [2.24, 2.45) is 0 Å². The van der Waals surface area contributed by atoms with Crippen LogP contribution in [0.2, 0.25) is 0 Å². The summed E-state index contributed by atoms with van der Waals surface area (Å²) in [5.74, 6) is 0.923. The minimum atomic E-state index is -0.448. The van der Waals surface area contributed by atoms with E-state index in [-0.39, 0.29) is 12.0 Å². The van der Waals surface area contributed by atoms with Crippen molar-refractivity contribution in [2.45, 2.75) is 64.4 Å². The van der Waals surface area contributed by atoms with E-state index in [0.717, 1.165) is 6.42 Å². The average Bonchev–Trinajstić information content (AvgIpc) is 3.24. The molecular formula is C18H26N2O2. The maximum absolute atomic E-state index is 12.3. The molecule has 1 aromatic rings. The average molecular weight is 302 g/mol. The highest BCUT2D eigenvalue weighted by Crippen LogP contribution is 2.40. The van der Waals surface area contributed by atoms with Crippen LogP contribution in [-0.2, 0) is 11.2 Å². The molecule has 0 bridgehead atoms. The number of amides is 1. The van der Waals surface area contributed by atoms with Gasteiger partial charge in [0.25, 0.3) is 0 Å². The van der Waals surface area contributed by atoms with Crippen LogP contribution in [0.5, 0.6) is 0 Å². The van der Waals surface area contributed by atoms with Crippen molar-refractivity contribution < 1.29 is 9.53 Å². The van der Waals surface area contributed by atoms with Gasteiger partial charge in [-0.2, -0.15) is 0 Å². The van der Waals surface area contributed by atoms with Crippen molar-refractivity contribution in [1.82, 2.24) is 9.88 Å². The summed E-state index contributed by atoms with van der Waals surface area (Å²) < 4.78 is 5.52. The van der Waals surface area contributed by atoms with Crippen molar-refractivity contribution in [1.29, 1.82) is 0 Å². The first-order valence-electron chi connectivity index (χ1n) is 8.31. The van der Waals surface area contributed by atoms with E-state index in [1.165, 1.54) is 29.8 Å². The Morgan fingerprint density at radius 3 is 2.68 bits per heavy atom. The molecule has 0 spiro atoms. The maximum Gasteiger partial charge on any atom is 0.410 e. The zero-order valence-electron chi connectivity index (χ0n) is 14.1. The SMILES string of the molecule is CC1CN(C(=O)OC(C)(C)C)CCc2ccc(C3CC3)nc21. The van der Waals surface area contributed by atoms with Crippen molar-refractivity contribution in [3.05, 3.63) is 29.1 Å². The molecule has 0 radical (unpaired) electrons. The van der Waals surface area contributed by atoms with Crippen molar-refractivity contribution >= 4 is 6.09 Å². The van der Waals surface area contributed by atoms with Gasteiger partial charge < -0.3 is 9.64 Å². The summed E-state index contributed by atoms with van der Waals surface area (Å²) in [4.78, 5) is 19.1. The normalized spacial score (nSPS) is 22.0. The molecule has 120 valence electrons. The second-order valence-corrected chi connectivity index (χ2v) is 7.63. The van der Waals surface area contributed by atoms with Crippen LogP contribution in [0.1, 0.15) is 69.3 Å². The van der Waals surface area contributed by atoms with E-state index in [0.29, 0.717) is 19.0 Å². The van der Waals surface area contributed by atoms with E-state index in [4.69, 9.17) is 9.72 Å². The number of rotatable bonds is 1. The standard InChI is InChI=1S/C18H26N2O2/c1-12-11-20(17(21)22-18(2,3)4)10-9-14-7-8-15(13-5-6-13)19-16(12)14/h7-8,12-13H,5-6,9-11H2,1-4H3. The summed E-state index contributed by atoms with van der Waals surface area (Å²) in [6.45, 7) is 9.27. The first-order chi connectivity index (χ1) is 10.3. The number of carbonyl (C=O) groups is 1. The van der Waals surface area contributed by atoms with Gasteiger partial charge >= 0.3 is 6.09 Å². The van der Waals surface area contributed by atoms with Crippen molar-refractivity contribution in [3.63, 3.8) is 0 Å². The Balaban J connectivity index is 1.76. The predicted molar refractivity (Wildman–Crippen MR) is 86.1 cm³/mol. The first kappa shape index (κ1) is 15.3. The highest BCUT2D eigenvalue weighted by atomic mass is 16.6. The maximum atomic E-state index is 12.3. The molecule has 0 saturated heterocycles. The molecule has 1 saturated carbocycles. The Hall–Kier alpha value is -1.58. The fourth-order valence-corrected chi connectivity index (χ4v) is 3.02. The lowest BCUT2D eigenvalue weighted by molar-refractivity contribution is 0.0248. The van der Waals surface area contributed by atoms with E-state index in [1.807, 2.05) is 25.7 Å². The minimum absolute atomic E-state index is 0.213. The molecule has 1 aromatic heterocycles. The van der Waals surface area contributed by atoms with Gasteiger partial charge in [0, 0.05) is 36.3 Å². The van der Waals surface area contributed by atoms with Crippen LogP contribution in [-0.4, -0.2) is 34.7 Å². The molecule has 2 heterocycles. The molecule has 2 aliphatic rings. The molecule has 0 aromatic carbocycles. The molecule has 1 fully saturated rings. The summed E-state index contributed by atoms with van der Waals surface area (Å²) in [6.07, 6.45) is 3.18. The third-order valence-electron chi connectivity index (χ3n) is 4.29. The summed E-state index contributed by atoms with van der Waals surface area (Å²) in [5.41, 5.74) is 3.24. The highest BCUT2D eigenvalue weighted by Gasteiger charge is 2.30. The Morgan fingerprint density at radius 2 is 2.05 bits per heavy atom. The van der Waals surface area contributed by atoms with E-state index < -0.39 is 5.60 Å².